The lowest BCUT2D eigenvalue weighted by molar-refractivity contribution is 0.318. The minimum atomic E-state index is 0.234. The maximum absolute atomic E-state index is 6.21. The topological polar surface area (TPSA) is 29.3 Å². The molecule has 1 aromatic carbocycles. The Balaban J connectivity index is 2.18. The van der Waals surface area contributed by atoms with Crippen LogP contribution in [0.4, 0.5) is 5.69 Å². The molecule has 1 aliphatic rings. The van der Waals surface area contributed by atoms with Crippen LogP contribution in [0.2, 0.25) is 5.02 Å². The van der Waals surface area contributed by atoms with Crippen molar-refractivity contribution in [1.29, 1.82) is 0 Å². The van der Waals surface area contributed by atoms with Crippen molar-refractivity contribution in [3.05, 3.63) is 28.8 Å². The Hall–Kier alpha value is -0.730. The van der Waals surface area contributed by atoms with Crippen molar-refractivity contribution in [3.8, 4) is 0 Å². The molecule has 0 saturated heterocycles. The lowest BCUT2D eigenvalue weighted by Gasteiger charge is -2.34. The summed E-state index contributed by atoms with van der Waals surface area (Å²) in [6.07, 6.45) is 6.09. The summed E-state index contributed by atoms with van der Waals surface area (Å²) >= 11 is 6.21. The van der Waals surface area contributed by atoms with E-state index >= 15 is 0 Å². The highest BCUT2D eigenvalue weighted by molar-refractivity contribution is 6.30. The molecule has 0 radical (unpaired) electrons. The SMILES string of the molecule is CCC(N)Cc1ccc(Cl)cc1N(CC)CC1CCC1. The predicted octanol–water partition coefficient (Wildman–Crippen LogP) is 4.25. The third kappa shape index (κ3) is 3.89. The zero-order chi connectivity index (χ0) is 14.5. The van der Waals surface area contributed by atoms with Crippen LogP contribution in [-0.4, -0.2) is 19.1 Å². The summed E-state index contributed by atoms with van der Waals surface area (Å²) in [5.74, 6) is 0.863. The smallest absolute Gasteiger partial charge is 0.0426 e. The lowest BCUT2D eigenvalue weighted by Crippen LogP contribution is -2.33. The molecular weight excluding hydrogens is 268 g/mol. The molecular formula is C17H27ClN2. The minimum Gasteiger partial charge on any atom is -0.371 e. The highest BCUT2D eigenvalue weighted by atomic mass is 35.5. The minimum absolute atomic E-state index is 0.234. The maximum atomic E-state index is 6.21. The van der Waals surface area contributed by atoms with Gasteiger partial charge in [0.1, 0.15) is 0 Å². The Bertz CT molecular complexity index is 429. The van der Waals surface area contributed by atoms with Crippen LogP contribution in [0.15, 0.2) is 18.2 Å². The van der Waals surface area contributed by atoms with E-state index in [-0.39, 0.29) is 6.04 Å². The molecule has 2 nitrogen and oxygen atoms in total. The zero-order valence-corrected chi connectivity index (χ0v) is 13.5. The fraction of sp³-hybridized carbons (Fsp3) is 0.647. The summed E-state index contributed by atoms with van der Waals surface area (Å²) < 4.78 is 0. The van der Waals surface area contributed by atoms with Gasteiger partial charge in [0.2, 0.25) is 0 Å². The van der Waals surface area contributed by atoms with Crippen LogP contribution in [0.3, 0.4) is 0 Å². The Labute approximate surface area is 128 Å². The van der Waals surface area contributed by atoms with Crippen LogP contribution < -0.4 is 10.6 Å². The van der Waals surface area contributed by atoms with Gasteiger partial charge in [-0.05, 0) is 56.2 Å². The largest absolute Gasteiger partial charge is 0.371 e. The van der Waals surface area contributed by atoms with Crippen molar-refractivity contribution in [1.82, 2.24) is 0 Å². The molecule has 0 aromatic heterocycles. The highest BCUT2D eigenvalue weighted by Crippen LogP contribution is 2.32. The van der Waals surface area contributed by atoms with Gasteiger partial charge in [-0.1, -0.05) is 31.0 Å². The number of hydrogen-bond donors (Lipinski definition) is 1. The second-order valence-corrected chi connectivity index (χ2v) is 6.42. The molecule has 1 aromatic rings. The van der Waals surface area contributed by atoms with E-state index in [0.29, 0.717) is 0 Å². The summed E-state index contributed by atoms with van der Waals surface area (Å²) in [7, 11) is 0. The first-order chi connectivity index (χ1) is 9.63. The van der Waals surface area contributed by atoms with E-state index in [9.17, 15) is 0 Å². The molecule has 0 spiro atoms. The highest BCUT2D eigenvalue weighted by Gasteiger charge is 2.21. The van der Waals surface area contributed by atoms with Gasteiger partial charge in [-0.2, -0.15) is 0 Å². The lowest BCUT2D eigenvalue weighted by atomic mass is 9.85. The van der Waals surface area contributed by atoms with E-state index in [2.05, 4.69) is 30.9 Å². The van der Waals surface area contributed by atoms with Gasteiger partial charge in [0, 0.05) is 29.8 Å². The number of nitrogens with two attached hydrogens (primary N) is 1. The summed E-state index contributed by atoms with van der Waals surface area (Å²) in [6, 6.07) is 6.48. The molecule has 0 aliphatic heterocycles. The molecule has 20 heavy (non-hydrogen) atoms. The fourth-order valence-corrected chi connectivity index (χ4v) is 2.98. The standard InChI is InChI=1S/C17H27ClN2/c1-3-16(19)10-14-8-9-15(18)11-17(14)20(4-2)12-13-6-5-7-13/h8-9,11,13,16H,3-7,10,12,19H2,1-2H3. The molecule has 1 fully saturated rings. The van der Waals surface area contributed by atoms with E-state index in [1.165, 1.54) is 30.5 Å². The van der Waals surface area contributed by atoms with Crippen LogP contribution >= 0.6 is 11.6 Å². The van der Waals surface area contributed by atoms with Gasteiger partial charge < -0.3 is 10.6 Å². The molecule has 2 rings (SSSR count). The maximum Gasteiger partial charge on any atom is 0.0426 e. The van der Waals surface area contributed by atoms with E-state index in [0.717, 1.165) is 36.9 Å². The van der Waals surface area contributed by atoms with E-state index in [4.69, 9.17) is 17.3 Å². The van der Waals surface area contributed by atoms with Crippen LogP contribution in [-0.2, 0) is 6.42 Å². The van der Waals surface area contributed by atoms with E-state index < -0.39 is 0 Å². The first-order valence-electron chi connectivity index (χ1n) is 7.93. The van der Waals surface area contributed by atoms with Crippen LogP contribution in [0.25, 0.3) is 0 Å². The Kier molecular flexibility index (Phi) is 5.74. The first-order valence-corrected chi connectivity index (χ1v) is 8.30. The number of halogens is 1. The fourth-order valence-electron chi connectivity index (χ4n) is 2.82. The molecule has 2 N–H and O–H groups in total. The Morgan fingerprint density at radius 1 is 1.35 bits per heavy atom. The molecule has 3 heteroatoms. The molecule has 0 heterocycles. The second-order valence-electron chi connectivity index (χ2n) is 5.98. The summed E-state index contributed by atoms with van der Waals surface area (Å²) in [5.41, 5.74) is 8.77. The van der Waals surface area contributed by atoms with Crippen molar-refractivity contribution in [3.63, 3.8) is 0 Å². The summed E-state index contributed by atoms with van der Waals surface area (Å²) in [5, 5.41) is 0.820. The first kappa shape index (κ1) is 15.7. The van der Waals surface area contributed by atoms with Crippen molar-refractivity contribution in [2.45, 2.75) is 52.0 Å². The van der Waals surface area contributed by atoms with Crippen molar-refractivity contribution in [2.75, 3.05) is 18.0 Å². The van der Waals surface area contributed by atoms with Crippen molar-refractivity contribution in [2.24, 2.45) is 11.7 Å². The van der Waals surface area contributed by atoms with Crippen molar-refractivity contribution >= 4 is 17.3 Å². The zero-order valence-electron chi connectivity index (χ0n) is 12.7. The third-order valence-corrected chi connectivity index (χ3v) is 4.71. The number of benzene rings is 1. The summed E-state index contributed by atoms with van der Waals surface area (Å²) in [6.45, 7) is 6.56. The third-order valence-electron chi connectivity index (χ3n) is 4.48. The van der Waals surface area contributed by atoms with Gasteiger partial charge in [0.15, 0.2) is 0 Å². The Morgan fingerprint density at radius 3 is 2.65 bits per heavy atom. The van der Waals surface area contributed by atoms with Gasteiger partial charge in [-0.25, -0.2) is 0 Å². The van der Waals surface area contributed by atoms with Gasteiger partial charge in [0.25, 0.3) is 0 Å². The molecule has 1 saturated carbocycles. The molecule has 1 aliphatic carbocycles. The summed E-state index contributed by atoms with van der Waals surface area (Å²) in [4.78, 5) is 2.48. The quantitative estimate of drug-likeness (QED) is 0.815. The monoisotopic (exact) mass is 294 g/mol. The number of anilines is 1. The molecule has 0 bridgehead atoms. The van der Waals surface area contributed by atoms with Crippen molar-refractivity contribution < 1.29 is 0 Å². The molecule has 0 amide bonds. The van der Waals surface area contributed by atoms with Crippen LogP contribution in [0.5, 0.6) is 0 Å². The van der Waals surface area contributed by atoms with Gasteiger partial charge in [0.05, 0.1) is 0 Å². The van der Waals surface area contributed by atoms with E-state index in [1.54, 1.807) is 0 Å². The molecule has 1 unspecified atom stereocenters. The van der Waals surface area contributed by atoms with E-state index in [1.807, 2.05) is 6.07 Å². The molecule has 112 valence electrons. The van der Waals surface area contributed by atoms with Gasteiger partial charge in [-0.15, -0.1) is 0 Å². The number of hydrogen-bond acceptors (Lipinski definition) is 2. The predicted molar refractivity (Wildman–Crippen MR) is 88.7 cm³/mol. The number of nitrogens with zero attached hydrogens (tertiary/aromatic N) is 1. The number of rotatable bonds is 7. The normalized spacial score (nSPS) is 16.8. The van der Waals surface area contributed by atoms with Crippen LogP contribution in [0, 0.1) is 5.92 Å². The van der Waals surface area contributed by atoms with Crippen LogP contribution in [0.1, 0.15) is 45.1 Å². The average Bonchev–Trinajstić information content (AvgIpc) is 2.40. The molecule has 1 atom stereocenters. The Morgan fingerprint density at radius 2 is 2.10 bits per heavy atom. The second kappa shape index (κ2) is 7.33. The van der Waals surface area contributed by atoms with Gasteiger partial charge in [-0.3, -0.25) is 0 Å². The van der Waals surface area contributed by atoms with Gasteiger partial charge >= 0.3 is 0 Å². The average molecular weight is 295 g/mol.